The van der Waals surface area contributed by atoms with Crippen molar-refractivity contribution < 1.29 is 1.43 Å². The number of hydrogen-bond acceptors (Lipinski definition) is 2. The van der Waals surface area contributed by atoms with Gasteiger partial charge in [-0.05, 0) is 30.9 Å². The Hall–Kier alpha value is -1.05. The molecule has 1 aromatic rings. The second-order valence-corrected chi connectivity index (χ2v) is 4.38. The zero-order chi connectivity index (χ0) is 12.5. The molecule has 1 heterocycles. The van der Waals surface area contributed by atoms with Crippen molar-refractivity contribution in [2.45, 2.75) is 72.8 Å². The summed E-state index contributed by atoms with van der Waals surface area (Å²) in [6.07, 6.45) is 9.78. The molecule has 0 bridgehead atoms. The first kappa shape index (κ1) is 16.9. The summed E-state index contributed by atoms with van der Waals surface area (Å²) in [5.74, 6) is 1.04. The SMILES string of the molecule is C.CC.CCc1ccc(NC2CCCCC2)nc1.[HH]. The molecule has 2 nitrogen and oxygen atoms in total. The van der Waals surface area contributed by atoms with Crippen LogP contribution in [0, 0.1) is 0 Å². The lowest BCUT2D eigenvalue weighted by Gasteiger charge is -2.23. The van der Waals surface area contributed by atoms with Gasteiger partial charge in [-0.15, -0.1) is 0 Å². The Labute approximate surface area is 115 Å². The van der Waals surface area contributed by atoms with Gasteiger partial charge in [0.25, 0.3) is 0 Å². The maximum absolute atomic E-state index is 4.43. The van der Waals surface area contributed by atoms with Crippen LogP contribution >= 0.6 is 0 Å². The number of nitrogens with one attached hydrogen (secondary N) is 1. The molecule has 1 aliphatic carbocycles. The highest BCUT2D eigenvalue weighted by Gasteiger charge is 2.12. The minimum atomic E-state index is 0. The van der Waals surface area contributed by atoms with Gasteiger partial charge in [-0.3, -0.25) is 0 Å². The maximum Gasteiger partial charge on any atom is 0.126 e. The quantitative estimate of drug-likeness (QED) is 0.790. The van der Waals surface area contributed by atoms with Gasteiger partial charge < -0.3 is 5.32 Å². The molecule has 1 aromatic heterocycles. The van der Waals surface area contributed by atoms with Crippen LogP contribution in [-0.4, -0.2) is 11.0 Å². The second kappa shape index (κ2) is 9.93. The molecule has 0 aromatic carbocycles. The van der Waals surface area contributed by atoms with Crippen LogP contribution < -0.4 is 5.32 Å². The van der Waals surface area contributed by atoms with Crippen molar-refractivity contribution in [3.05, 3.63) is 23.9 Å². The Morgan fingerprint density at radius 3 is 2.39 bits per heavy atom. The molecule has 1 aliphatic rings. The van der Waals surface area contributed by atoms with Crippen molar-refractivity contribution in [1.29, 1.82) is 0 Å². The summed E-state index contributed by atoms with van der Waals surface area (Å²) >= 11 is 0. The third-order valence-corrected chi connectivity index (χ3v) is 3.19. The van der Waals surface area contributed by atoms with Crippen LogP contribution in [0.2, 0.25) is 0 Å². The molecule has 2 heteroatoms. The summed E-state index contributed by atoms with van der Waals surface area (Å²) in [6, 6.07) is 4.92. The zero-order valence-electron chi connectivity index (χ0n) is 11.5. The molecular formula is C16H32N2. The Morgan fingerprint density at radius 1 is 1.22 bits per heavy atom. The van der Waals surface area contributed by atoms with Crippen LogP contribution in [0.25, 0.3) is 0 Å². The number of anilines is 1. The first-order chi connectivity index (χ1) is 8.38. The molecule has 0 radical (unpaired) electrons. The fraction of sp³-hybridized carbons (Fsp3) is 0.688. The second-order valence-electron chi connectivity index (χ2n) is 4.38. The zero-order valence-corrected chi connectivity index (χ0v) is 11.5. The molecule has 0 unspecified atom stereocenters. The van der Waals surface area contributed by atoms with Crippen LogP contribution in [0.3, 0.4) is 0 Å². The van der Waals surface area contributed by atoms with Gasteiger partial charge >= 0.3 is 0 Å². The fourth-order valence-corrected chi connectivity index (χ4v) is 2.18. The highest BCUT2D eigenvalue weighted by atomic mass is 15.0. The van der Waals surface area contributed by atoms with E-state index in [9.17, 15) is 0 Å². The summed E-state index contributed by atoms with van der Waals surface area (Å²) in [4.78, 5) is 4.43. The van der Waals surface area contributed by atoms with E-state index in [-0.39, 0.29) is 8.85 Å². The lowest BCUT2D eigenvalue weighted by molar-refractivity contribution is 0.462. The van der Waals surface area contributed by atoms with E-state index >= 15 is 0 Å². The van der Waals surface area contributed by atoms with Gasteiger partial charge in [0.05, 0.1) is 0 Å². The number of rotatable bonds is 3. The monoisotopic (exact) mass is 252 g/mol. The van der Waals surface area contributed by atoms with Crippen LogP contribution in [0.4, 0.5) is 5.82 Å². The average Bonchev–Trinajstić information content (AvgIpc) is 2.43. The molecule has 2 rings (SSSR count). The Balaban J connectivity index is 0. The third kappa shape index (κ3) is 5.52. The van der Waals surface area contributed by atoms with E-state index in [2.05, 4.69) is 29.4 Å². The van der Waals surface area contributed by atoms with Crippen molar-refractivity contribution >= 4 is 5.82 Å². The van der Waals surface area contributed by atoms with E-state index in [0.717, 1.165) is 12.2 Å². The van der Waals surface area contributed by atoms with E-state index in [4.69, 9.17) is 0 Å². The molecule has 1 saturated carbocycles. The molecule has 0 spiro atoms. The fourth-order valence-electron chi connectivity index (χ4n) is 2.18. The summed E-state index contributed by atoms with van der Waals surface area (Å²) in [6.45, 7) is 6.16. The normalized spacial score (nSPS) is 15.1. The van der Waals surface area contributed by atoms with Gasteiger partial charge in [-0.25, -0.2) is 4.98 Å². The summed E-state index contributed by atoms with van der Waals surface area (Å²) < 4.78 is 0. The van der Waals surface area contributed by atoms with E-state index in [0.29, 0.717) is 6.04 Å². The lowest BCUT2D eigenvalue weighted by Crippen LogP contribution is -2.22. The molecule has 1 fully saturated rings. The smallest absolute Gasteiger partial charge is 0.126 e. The summed E-state index contributed by atoms with van der Waals surface area (Å²) in [5.41, 5.74) is 1.31. The van der Waals surface area contributed by atoms with Gasteiger partial charge in [-0.1, -0.05) is 53.5 Å². The molecule has 0 aliphatic heterocycles. The van der Waals surface area contributed by atoms with Crippen molar-refractivity contribution in [1.82, 2.24) is 4.98 Å². The molecule has 0 amide bonds. The van der Waals surface area contributed by atoms with Gasteiger partial charge in [0.2, 0.25) is 0 Å². The molecule has 106 valence electrons. The van der Waals surface area contributed by atoms with Crippen LogP contribution in [0.5, 0.6) is 0 Å². The Bertz CT molecular complexity index is 292. The predicted molar refractivity (Wildman–Crippen MR) is 84.3 cm³/mol. The largest absolute Gasteiger partial charge is 0.367 e. The number of pyridine rings is 1. The summed E-state index contributed by atoms with van der Waals surface area (Å²) in [5, 5.41) is 3.52. The number of hydrogen-bond donors (Lipinski definition) is 1. The first-order valence-electron chi connectivity index (χ1n) is 7.10. The van der Waals surface area contributed by atoms with E-state index in [1.165, 1.54) is 37.7 Å². The van der Waals surface area contributed by atoms with E-state index in [1.54, 1.807) is 0 Å². The van der Waals surface area contributed by atoms with Crippen LogP contribution in [0.1, 0.15) is 67.3 Å². The minimum absolute atomic E-state index is 0. The van der Waals surface area contributed by atoms with Crippen molar-refractivity contribution in [3.63, 3.8) is 0 Å². The minimum Gasteiger partial charge on any atom is -0.367 e. The first-order valence-corrected chi connectivity index (χ1v) is 7.10. The Kier molecular flexibility index (Phi) is 9.35. The van der Waals surface area contributed by atoms with Crippen molar-refractivity contribution in [2.75, 3.05) is 5.32 Å². The molecule has 0 atom stereocenters. The van der Waals surface area contributed by atoms with Crippen molar-refractivity contribution in [3.8, 4) is 0 Å². The van der Waals surface area contributed by atoms with Crippen molar-refractivity contribution in [2.24, 2.45) is 0 Å². The maximum atomic E-state index is 4.43. The molecule has 18 heavy (non-hydrogen) atoms. The Morgan fingerprint density at radius 2 is 1.89 bits per heavy atom. The standard InChI is InChI=1S/C13H20N2.C2H6.CH4.H2/c1-2-11-8-9-13(14-10-11)15-12-6-4-3-5-7-12;1-2;;/h8-10,12H,2-7H2,1H3,(H,14,15);1-2H3;1H4;1H. The summed E-state index contributed by atoms with van der Waals surface area (Å²) in [7, 11) is 0. The third-order valence-electron chi connectivity index (χ3n) is 3.19. The average molecular weight is 252 g/mol. The molecular weight excluding hydrogens is 220 g/mol. The number of aromatic nitrogens is 1. The van der Waals surface area contributed by atoms with E-state index in [1.807, 2.05) is 20.0 Å². The molecule has 0 saturated heterocycles. The van der Waals surface area contributed by atoms with Gasteiger partial charge in [-0.2, -0.15) is 0 Å². The highest BCUT2D eigenvalue weighted by Crippen LogP contribution is 2.20. The number of aryl methyl sites for hydroxylation is 1. The van der Waals surface area contributed by atoms with E-state index < -0.39 is 0 Å². The van der Waals surface area contributed by atoms with Gasteiger partial charge in [0.15, 0.2) is 0 Å². The predicted octanol–water partition coefficient (Wildman–Crippen LogP) is 5.30. The highest BCUT2D eigenvalue weighted by molar-refractivity contribution is 5.36. The van der Waals surface area contributed by atoms with Gasteiger partial charge in [0, 0.05) is 13.7 Å². The lowest BCUT2D eigenvalue weighted by atomic mass is 9.95. The van der Waals surface area contributed by atoms with Crippen LogP contribution in [-0.2, 0) is 6.42 Å². The van der Waals surface area contributed by atoms with Gasteiger partial charge in [0.1, 0.15) is 5.82 Å². The van der Waals surface area contributed by atoms with Crippen LogP contribution in [0.15, 0.2) is 18.3 Å². The topological polar surface area (TPSA) is 24.9 Å². The number of nitrogens with zero attached hydrogens (tertiary/aromatic N) is 1. The molecule has 1 N–H and O–H groups in total.